The molecule has 0 bridgehead atoms. The zero-order valence-electron chi connectivity index (χ0n) is 16.8. The molecular formula is C25H28O3. The molecule has 0 aliphatic heterocycles. The molecule has 0 spiro atoms. The van der Waals surface area contributed by atoms with Gasteiger partial charge in [-0.3, -0.25) is 4.79 Å². The van der Waals surface area contributed by atoms with Crippen LogP contribution < -0.4 is 4.74 Å². The summed E-state index contributed by atoms with van der Waals surface area (Å²) in [6, 6.07) is 8.43. The Morgan fingerprint density at radius 2 is 1.79 bits per heavy atom. The monoisotopic (exact) mass is 376 g/mol. The van der Waals surface area contributed by atoms with E-state index in [0.29, 0.717) is 6.42 Å². The Bertz CT molecular complexity index is 931. The van der Waals surface area contributed by atoms with Crippen LogP contribution in [-0.4, -0.2) is 24.1 Å². The van der Waals surface area contributed by atoms with E-state index in [1.807, 2.05) is 18.2 Å². The molecule has 146 valence electrons. The van der Waals surface area contributed by atoms with Crippen LogP contribution in [0.1, 0.15) is 63.4 Å². The number of carbonyl (C=O) groups is 1. The first-order chi connectivity index (χ1) is 13.5. The van der Waals surface area contributed by atoms with Gasteiger partial charge >= 0.3 is 0 Å². The molecule has 1 fully saturated rings. The van der Waals surface area contributed by atoms with Crippen LogP contribution in [0, 0.1) is 5.41 Å². The zero-order valence-corrected chi connectivity index (χ0v) is 16.8. The van der Waals surface area contributed by atoms with Crippen LogP contribution in [0.25, 0.3) is 0 Å². The van der Waals surface area contributed by atoms with E-state index in [2.05, 4.69) is 19.1 Å². The van der Waals surface area contributed by atoms with E-state index in [-0.39, 0.29) is 23.2 Å². The second kappa shape index (κ2) is 6.45. The fraction of sp³-hybridized carbons (Fsp3) is 0.480. The summed E-state index contributed by atoms with van der Waals surface area (Å²) in [7, 11) is 1.69. The highest BCUT2D eigenvalue weighted by Gasteiger charge is 2.50. The normalized spacial score (nSPS) is 32.0. The molecule has 0 saturated heterocycles. The number of methoxy groups -OCH3 is 1. The van der Waals surface area contributed by atoms with Crippen LogP contribution in [0.3, 0.4) is 0 Å². The van der Waals surface area contributed by atoms with Gasteiger partial charge in [-0.25, -0.2) is 0 Å². The molecule has 0 heterocycles. The fourth-order valence-corrected chi connectivity index (χ4v) is 6.09. The van der Waals surface area contributed by atoms with Gasteiger partial charge in [0.05, 0.1) is 13.2 Å². The van der Waals surface area contributed by atoms with Crippen molar-refractivity contribution in [3.8, 4) is 5.75 Å². The van der Waals surface area contributed by atoms with Gasteiger partial charge in [-0.1, -0.05) is 24.6 Å². The highest BCUT2D eigenvalue weighted by molar-refractivity contribution is 5.93. The SMILES string of the molecule is COc1ccc([C@H]2C[C@@]3(C)C(=C4CCC5=CC(=O)CCC5=C42)CC[C@@H]3O)cc1. The molecule has 28 heavy (non-hydrogen) atoms. The van der Waals surface area contributed by atoms with Gasteiger partial charge in [-0.05, 0) is 84.6 Å². The summed E-state index contributed by atoms with van der Waals surface area (Å²) in [4.78, 5) is 12.0. The number of hydrogen-bond donors (Lipinski definition) is 1. The van der Waals surface area contributed by atoms with Crippen molar-refractivity contribution in [1.82, 2.24) is 0 Å². The number of fused-ring (bicyclic) bond motifs is 3. The number of hydrogen-bond acceptors (Lipinski definition) is 3. The van der Waals surface area contributed by atoms with Crippen LogP contribution in [0.2, 0.25) is 0 Å². The molecule has 1 N–H and O–H groups in total. The van der Waals surface area contributed by atoms with Gasteiger partial charge in [0, 0.05) is 17.8 Å². The molecule has 0 radical (unpaired) electrons. The standard InChI is InChI=1S/C25H28O3/c1-25-14-21(15-3-7-18(28-2)8-4-15)24-19-10-6-17(26)13-16(19)5-9-20(24)22(25)11-12-23(25)27/h3-4,7-8,13,21,23,27H,5-6,9-12,14H2,1-2H3/t21-,23+,25+/m1/s1. The summed E-state index contributed by atoms with van der Waals surface area (Å²) in [6.07, 6.45) is 7.92. The third kappa shape index (κ3) is 2.56. The summed E-state index contributed by atoms with van der Waals surface area (Å²) < 4.78 is 5.36. The van der Waals surface area contributed by atoms with Crippen molar-refractivity contribution in [2.24, 2.45) is 5.41 Å². The Morgan fingerprint density at radius 1 is 1.04 bits per heavy atom. The van der Waals surface area contributed by atoms with Crippen molar-refractivity contribution in [1.29, 1.82) is 0 Å². The lowest BCUT2D eigenvalue weighted by Gasteiger charge is -2.45. The largest absolute Gasteiger partial charge is 0.497 e. The number of benzene rings is 1. The maximum atomic E-state index is 12.0. The lowest BCUT2D eigenvalue weighted by Crippen LogP contribution is -2.36. The van der Waals surface area contributed by atoms with Gasteiger partial charge in [0.15, 0.2) is 5.78 Å². The fourth-order valence-electron chi connectivity index (χ4n) is 6.09. The lowest BCUT2D eigenvalue weighted by atomic mass is 9.59. The number of ether oxygens (including phenoxy) is 1. The molecule has 3 nitrogen and oxygen atoms in total. The molecule has 3 atom stereocenters. The first kappa shape index (κ1) is 17.9. The molecule has 0 amide bonds. The highest BCUT2D eigenvalue weighted by Crippen LogP contribution is 2.60. The summed E-state index contributed by atoms with van der Waals surface area (Å²) in [6.45, 7) is 2.26. The van der Waals surface area contributed by atoms with Crippen molar-refractivity contribution in [3.63, 3.8) is 0 Å². The summed E-state index contributed by atoms with van der Waals surface area (Å²) in [5, 5.41) is 10.9. The zero-order chi connectivity index (χ0) is 19.5. The predicted octanol–water partition coefficient (Wildman–Crippen LogP) is 5.02. The van der Waals surface area contributed by atoms with Crippen LogP contribution in [0.5, 0.6) is 5.75 Å². The van der Waals surface area contributed by atoms with E-state index in [0.717, 1.165) is 44.3 Å². The van der Waals surface area contributed by atoms with Crippen LogP contribution in [-0.2, 0) is 4.79 Å². The Kier molecular flexibility index (Phi) is 4.13. The lowest BCUT2D eigenvalue weighted by molar-refractivity contribution is -0.114. The molecule has 3 heteroatoms. The number of allylic oxidation sites excluding steroid dienone is 5. The molecule has 1 aromatic carbocycles. The third-order valence-corrected chi connectivity index (χ3v) is 7.59. The molecule has 5 rings (SSSR count). The predicted molar refractivity (Wildman–Crippen MR) is 109 cm³/mol. The molecular weight excluding hydrogens is 348 g/mol. The topological polar surface area (TPSA) is 46.5 Å². The average Bonchev–Trinajstić information content (AvgIpc) is 3.01. The van der Waals surface area contributed by atoms with E-state index in [1.54, 1.807) is 7.11 Å². The van der Waals surface area contributed by atoms with Crippen molar-refractivity contribution >= 4 is 5.78 Å². The maximum Gasteiger partial charge on any atom is 0.156 e. The summed E-state index contributed by atoms with van der Waals surface area (Å²) in [5.41, 5.74) is 8.29. The van der Waals surface area contributed by atoms with Crippen molar-refractivity contribution in [2.45, 2.75) is 63.9 Å². The summed E-state index contributed by atoms with van der Waals surface area (Å²) in [5.74, 6) is 1.41. The maximum absolute atomic E-state index is 12.0. The summed E-state index contributed by atoms with van der Waals surface area (Å²) >= 11 is 0. The molecule has 0 unspecified atom stereocenters. The number of aliphatic hydroxyl groups is 1. The first-order valence-electron chi connectivity index (χ1n) is 10.5. The number of rotatable bonds is 2. The third-order valence-electron chi connectivity index (χ3n) is 7.59. The van der Waals surface area contributed by atoms with E-state index in [4.69, 9.17) is 4.74 Å². The van der Waals surface area contributed by atoms with Gasteiger partial charge in [0.1, 0.15) is 5.75 Å². The van der Waals surface area contributed by atoms with E-state index in [9.17, 15) is 9.90 Å². The Hall–Kier alpha value is -2.13. The van der Waals surface area contributed by atoms with Crippen molar-refractivity contribution in [2.75, 3.05) is 7.11 Å². The Morgan fingerprint density at radius 3 is 2.54 bits per heavy atom. The van der Waals surface area contributed by atoms with E-state index >= 15 is 0 Å². The van der Waals surface area contributed by atoms with Crippen molar-refractivity contribution in [3.05, 3.63) is 63.8 Å². The minimum absolute atomic E-state index is 0.129. The molecule has 0 aromatic heterocycles. The number of ketones is 1. The van der Waals surface area contributed by atoms with Crippen molar-refractivity contribution < 1.29 is 14.6 Å². The van der Waals surface area contributed by atoms with E-state index < -0.39 is 0 Å². The molecule has 4 aliphatic carbocycles. The molecule has 4 aliphatic rings. The van der Waals surface area contributed by atoms with Gasteiger partial charge in [-0.2, -0.15) is 0 Å². The number of carbonyl (C=O) groups excluding carboxylic acids is 1. The van der Waals surface area contributed by atoms with Gasteiger partial charge in [-0.15, -0.1) is 0 Å². The Balaban J connectivity index is 1.72. The first-order valence-corrected chi connectivity index (χ1v) is 10.5. The quantitative estimate of drug-likeness (QED) is 0.788. The van der Waals surface area contributed by atoms with Gasteiger partial charge in [0.25, 0.3) is 0 Å². The second-order valence-electron chi connectivity index (χ2n) is 8.99. The van der Waals surface area contributed by atoms with Crippen LogP contribution in [0.15, 0.2) is 58.2 Å². The highest BCUT2D eigenvalue weighted by atomic mass is 16.5. The van der Waals surface area contributed by atoms with Crippen LogP contribution in [0.4, 0.5) is 0 Å². The van der Waals surface area contributed by atoms with Crippen LogP contribution >= 0.6 is 0 Å². The minimum atomic E-state index is -0.257. The smallest absolute Gasteiger partial charge is 0.156 e. The molecule has 1 aromatic rings. The number of aliphatic hydroxyl groups excluding tert-OH is 1. The van der Waals surface area contributed by atoms with Gasteiger partial charge < -0.3 is 9.84 Å². The minimum Gasteiger partial charge on any atom is -0.497 e. The van der Waals surface area contributed by atoms with E-state index in [1.165, 1.54) is 33.4 Å². The molecule has 1 saturated carbocycles. The Labute approximate surface area is 166 Å². The second-order valence-corrected chi connectivity index (χ2v) is 8.99. The van der Waals surface area contributed by atoms with Gasteiger partial charge in [0.2, 0.25) is 0 Å². The average molecular weight is 376 g/mol.